The first-order valence-corrected chi connectivity index (χ1v) is 6.90. The van der Waals surface area contributed by atoms with Crippen LogP contribution in [0.2, 0.25) is 0 Å². The maximum absolute atomic E-state index is 12.1. The molecule has 0 aliphatic carbocycles. The van der Waals surface area contributed by atoms with E-state index in [0.29, 0.717) is 12.5 Å². The number of anilines is 1. The summed E-state index contributed by atoms with van der Waals surface area (Å²) in [5.41, 5.74) is 0.226. The first kappa shape index (κ1) is 15.2. The van der Waals surface area contributed by atoms with Gasteiger partial charge in [0.25, 0.3) is 0 Å². The zero-order valence-electron chi connectivity index (χ0n) is 12.6. The quantitative estimate of drug-likeness (QED) is 0.758. The van der Waals surface area contributed by atoms with Crippen LogP contribution in [-0.2, 0) is 9.53 Å². The van der Waals surface area contributed by atoms with E-state index in [-0.39, 0.29) is 17.5 Å². The van der Waals surface area contributed by atoms with E-state index in [1.165, 1.54) is 19.4 Å². The van der Waals surface area contributed by atoms with Gasteiger partial charge in [0.15, 0.2) is 5.69 Å². The van der Waals surface area contributed by atoms with E-state index in [1.54, 1.807) is 19.0 Å². The molecule has 1 amide bonds. The highest BCUT2D eigenvalue weighted by Crippen LogP contribution is 2.21. The molecule has 1 aromatic heterocycles. The standard InChI is InChI=1S/C14H20N4O3/c1-17(2)12(19)10-5-4-8-18(9-10)14-15-7-6-11(16-14)13(20)21-3/h6-7,10H,4-5,8-9H2,1-3H3. The van der Waals surface area contributed by atoms with E-state index in [1.807, 2.05) is 4.90 Å². The lowest BCUT2D eigenvalue weighted by atomic mass is 9.97. The van der Waals surface area contributed by atoms with Crippen LogP contribution in [0, 0.1) is 5.92 Å². The number of aromatic nitrogens is 2. The van der Waals surface area contributed by atoms with Crippen LogP contribution < -0.4 is 4.90 Å². The first-order chi connectivity index (χ1) is 10.0. The molecule has 1 unspecified atom stereocenters. The van der Waals surface area contributed by atoms with Gasteiger partial charge in [-0.3, -0.25) is 4.79 Å². The molecule has 1 saturated heterocycles. The van der Waals surface area contributed by atoms with Crippen molar-refractivity contribution in [3.05, 3.63) is 18.0 Å². The number of carbonyl (C=O) groups is 2. The highest BCUT2D eigenvalue weighted by Gasteiger charge is 2.28. The Labute approximate surface area is 123 Å². The molecule has 1 fully saturated rings. The van der Waals surface area contributed by atoms with Gasteiger partial charge < -0.3 is 14.5 Å². The molecule has 2 heterocycles. The minimum Gasteiger partial charge on any atom is -0.464 e. The van der Waals surface area contributed by atoms with Gasteiger partial charge in [0.05, 0.1) is 13.0 Å². The zero-order chi connectivity index (χ0) is 15.4. The fourth-order valence-electron chi connectivity index (χ4n) is 2.44. The third kappa shape index (κ3) is 3.48. The predicted molar refractivity (Wildman–Crippen MR) is 77.0 cm³/mol. The van der Waals surface area contributed by atoms with Gasteiger partial charge in [-0.05, 0) is 18.9 Å². The van der Waals surface area contributed by atoms with E-state index in [9.17, 15) is 9.59 Å². The van der Waals surface area contributed by atoms with Crippen LogP contribution in [0.15, 0.2) is 12.3 Å². The minimum atomic E-state index is -0.489. The Morgan fingerprint density at radius 2 is 2.19 bits per heavy atom. The van der Waals surface area contributed by atoms with Crippen molar-refractivity contribution in [1.82, 2.24) is 14.9 Å². The van der Waals surface area contributed by atoms with Crippen molar-refractivity contribution in [2.24, 2.45) is 5.92 Å². The molecule has 1 aliphatic heterocycles. The summed E-state index contributed by atoms with van der Waals surface area (Å²) >= 11 is 0. The Morgan fingerprint density at radius 1 is 1.43 bits per heavy atom. The average Bonchev–Trinajstić information content (AvgIpc) is 2.53. The predicted octanol–water partition coefficient (Wildman–Crippen LogP) is 0.568. The van der Waals surface area contributed by atoms with Crippen molar-refractivity contribution >= 4 is 17.8 Å². The first-order valence-electron chi connectivity index (χ1n) is 6.90. The van der Waals surface area contributed by atoms with Crippen molar-refractivity contribution in [2.75, 3.05) is 39.2 Å². The topological polar surface area (TPSA) is 75.6 Å². The Morgan fingerprint density at radius 3 is 2.86 bits per heavy atom. The largest absolute Gasteiger partial charge is 0.464 e. The molecule has 0 aromatic carbocycles. The van der Waals surface area contributed by atoms with Gasteiger partial charge in [0, 0.05) is 33.4 Å². The molecule has 0 saturated carbocycles. The minimum absolute atomic E-state index is 0.0564. The molecule has 0 N–H and O–H groups in total. The molecular formula is C14H20N4O3. The monoisotopic (exact) mass is 292 g/mol. The van der Waals surface area contributed by atoms with Crippen molar-refractivity contribution < 1.29 is 14.3 Å². The molecule has 7 nitrogen and oxygen atoms in total. The van der Waals surface area contributed by atoms with E-state index in [0.717, 1.165) is 19.4 Å². The molecule has 2 rings (SSSR count). The number of amides is 1. The van der Waals surface area contributed by atoms with Gasteiger partial charge in [-0.25, -0.2) is 14.8 Å². The Kier molecular flexibility index (Phi) is 4.72. The van der Waals surface area contributed by atoms with Crippen LogP contribution in [0.25, 0.3) is 0 Å². The number of rotatable bonds is 3. The van der Waals surface area contributed by atoms with Gasteiger partial charge in [-0.2, -0.15) is 0 Å². The Hall–Kier alpha value is -2.18. The summed E-state index contributed by atoms with van der Waals surface area (Å²) in [4.78, 5) is 35.6. The number of esters is 1. The molecule has 7 heteroatoms. The molecule has 1 aliphatic rings. The van der Waals surface area contributed by atoms with Gasteiger partial charge in [0.1, 0.15) is 0 Å². The van der Waals surface area contributed by atoms with Gasteiger partial charge in [-0.15, -0.1) is 0 Å². The second-order valence-electron chi connectivity index (χ2n) is 5.25. The molecule has 21 heavy (non-hydrogen) atoms. The van der Waals surface area contributed by atoms with Gasteiger partial charge in [0.2, 0.25) is 11.9 Å². The van der Waals surface area contributed by atoms with Crippen LogP contribution in [0.3, 0.4) is 0 Å². The lowest BCUT2D eigenvalue weighted by Crippen LogP contribution is -2.43. The number of carbonyl (C=O) groups excluding carboxylic acids is 2. The Bertz CT molecular complexity index is 533. The van der Waals surface area contributed by atoms with E-state index < -0.39 is 5.97 Å². The summed E-state index contributed by atoms with van der Waals surface area (Å²) < 4.78 is 4.66. The lowest BCUT2D eigenvalue weighted by molar-refractivity contribution is -0.133. The van der Waals surface area contributed by atoms with Crippen molar-refractivity contribution in [1.29, 1.82) is 0 Å². The summed E-state index contributed by atoms with van der Waals surface area (Å²) in [5, 5.41) is 0. The van der Waals surface area contributed by atoms with Gasteiger partial charge in [-0.1, -0.05) is 0 Å². The average molecular weight is 292 g/mol. The summed E-state index contributed by atoms with van der Waals surface area (Å²) in [6, 6.07) is 1.52. The van der Waals surface area contributed by atoms with Gasteiger partial charge >= 0.3 is 5.97 Å². The van der Waals surface area contributed by atoms with Crippen LogP contribution in [0.5, 0.6) is 0 Å². The van der Waals surface area contributed by atoms with Crippen molar-refractivity contribution in [2.45, 2.75) is 12.8 Å². The number of hydrogen-bond acceptors (Lipinski definition) is 6. The third-order valence-electron chi connectivity index (χ3n) is 3.53. The second kappa shape index (κ2) is 6.51. The van der Waals surface area contributed by atoms with E-state index in [4.69, 9.17) is 0 Å². The molecule has 114 valence electrons. The molecule has 0 radical (unpaired) electrons. The van der Waals surface area contributed by atoms with Crippen LogP contribution in [-0.4, -0.2) is 61.0 Å². The summed E-state index contributed by atoms with van der Waals surface area (Å²) in [6.45, 7) is 1.35. The third-order valence-corrected chi connectivity index (χ3v) is 3.53. The van der Waals surface area contributed by atoms with Crippen LogP contribution in [0.1, 0.15) is 23.3 Å². The number of nitrogens with zero attached hydrogens (tertiary/aromatic N) is 4. The number of hydrogen-bond donors (Lipinski definition) is 0. The van der Waals surface area contributed by atoms with Crippen molar-refractivity contribution in [3.8, 4) is 0 Å². The van der Waals surface area contributed by atoms with E-state index in [2.05, 4.69) is 14.7 Å². The number of ether oxygens (including phenoxy) is 1. The van der Waals surface area contributed by atoms with Crippen LogP contribution >= 0.6 is 0 Å². The lowest BCUT2D eigenvalue weighted by Gasteiger charge is -2.33. The molecule has 1 aromatic rings. The molecular weight excluding hydrogens is 272 g/mol. The number of methoxy groups -OCH3 is 1. The maximum atomic E-state index is 12.1. The molecule has 0 bridgehead atoms. The maximum Gasteiger partial charge on any atom is 0.356 e. The highest BCUT2D eigenvalue weighted by molar-refractivity contribution is 5.87. The van der Waals surface area contributed by atoms with Crippen LogP contribution in [0.4, 0.5) is 5.95 Å². The second-order valence-corrected chi connectivity index (χ2v) is 5.25. The normalized spacial score (nSPS) is 18.2. The highest BCUT2D eigenvalue weighted by atomic mass is 16.5. The fraction of sp³-hybridized carbons (Fsp3) is 0.571. The summed E-state index contributed by atoms with van der Waals surface area (Å²) in [7, 11) is 4.84. The SMILES string of the molecule is COC(=O)c1ccnc(N2CCCC(C(=O)N(C)C)C2)n1. The van der Waals surface area contributed by atoms with E-state index >= 15 is 0 Å². The zero-order valence-corrected chi connectivity index (χ0v) is 12.6. The molecule has 0 spiro atoms. The Balaban J connectivity index is 2.14. The summed E-state index contributed by atoms with van der Waals surface area (Å²) in [5.74, 6) is 0.0358. The van der Waals surface area contributed by atoms with Crippen molar-refractivity contribution in [3.63, 3.8) is 0 Å². The molecule has 1 atom stereocenters. The summed E-state index contributed by atoms with van der Waals surface area (Å²) in [6.07, 6.45) is 3.30. The fourth-order valence-corrected chi connectivity index (χ4v) is 2.44. The number of piperidine rings is 1. The smallest absolute Gasteiger partial charge is 0.356 e.